The highest BCUT2D eigenvalue weighted by Gasteiger charge is 2.65. The van der Waals surface area contributed by atoms with Gasteiger partial charge in [0.15, 0.2) is 5.96 Å². The van der Waals surface area contributed by atoms with Crippen LogP contribution in [0.1, 0.15) is 86.5 Å². The molecule has 1 aliphatic heterocycles. The number of rotatable bonds is 8. The van der Waals surface area contributed by atoms with Crippen LogP contribution < -0.4 is 16.6 Å². The zero-order chi connectivity index (χ0) is 27.0. The van der Waals surface area contributed by atoms with Crippen LogP contribution in [-0.4, -0.2) is 43.1 Å². The van der Waals surface area contributed by atoms with Crippen LogP contribution in [0.4, 0.5) is 0 Å². The molecule has 37 heavy (non-hydrogen) atoms. The Morgan fingerprint density at radius 1 is 1.35 bits per heavy atom. The van der Waals surface area contributed by atoms with E-state index < -0.39 is 0 Å². The number of fused-ring (bicyclic) bond motifs is 1. The third kappa shape index (κ3) is 4.80. The molecule has 3 aliphatic carbocycles. The predicted octanol–water partition coefficient (Wildman–Crippen LogP) is 5.81. The fraction of sp³-hybridized carbons (Fsp3) is 0.710. The first-order chi connectivity index (χ1) is 17.6. The molecule has 0 aromatic carbocycles. The Kier molecular flexibility index (Phi) is 8.30. The highest BCUT2D eigenvalue weighted by atomic mass is 16.5. The summed E-state index contributed by atoms with van der Waals surface area (Å²) in [5.74, 6) is 9.12. The lowest BCUT2D eigenvalue weighted by molar-refractivity contribution is 0.00186. The van der Waals surface area contributed by atoms with Crippen LogP contribution in [0.25, 0.3) is 0 Å². The minimum Gasteiger partial charge on any atom is -0.501 e. The lowest BCUT2D eigenvalue weighted by atomic mass is 9.52. The molecule has 0 bridgehead atoms. The van der Waals surface area contributed by atoms with Gasteiger partial charge in [-0.1, -0.05) is 39.3 Å². The molecule has 0 aromatic heterocycles. The molecule has 7 atom stereocenters. The Bertz CT molecular complexity index is 1010. The zero-order valence-corrected chi connectivity index (χ0v) is 24.5. The van der Waals surface area contributed by atoms with Gasteiger partial charge in [0.25, 0.3) is 0 Å². The zero-order valence-electron chi connectivity index (χ0n) is 24.5. The van der Waals surface area contributed by atoms with Crippen molar-refractivity contribution in [3.05, 3.63) is 46.9 Å². The van der Waals surface area contributed by atoms with Crippen LogP contribution in [0.5, 0.6) is 0 Å². The molecule has 0 radical (unpaired) electrons. The fourth-order valence-electron chi connectivity index (χ4n) is 8.66. The van der Waals surface area contributed by atoms with Crippen molar-refractivity contribution in [1.82, 2.24) is 15.6 Å². The number of methoxy groups -OCH3 is 1. The Hall–Kier alpha value is -2.05. The highest BCUT2D eigenvalue weighted by Crippen LogP contribution is 2.71. The van der Waals surface area contributed by atoms with Gasteiger partial charge in [-0.05, 0) is 93.4 Å². The summed E-state index contributed by atoms with van der Waals surface area (Å²) >= 11 is 0. The third-order valence-electron chi connectivity index (χ3n) is 9.94. The molecule has 1 heterocycles. The lowest BCUT2D eigenvalue weighted by Gasteiger charge is -2.53. The summed E-state index contributed by atoms with van der Waals surface area (Å²) in [6.07, 6.45) is 17.1. The molecule has 0 amide bonds. The quantitative estimate of drug-likeness (QED) is 0.284. The van der Waals surface area contributed by atoms with Crippen molar-refractivity contribution >= 4 is 5.96 Å². The van der Waals surface area contributed by atoms with Gasteiger partial charge in [-0.15, -0.1) is 0 Å². The van der Waals surface area contributed by atoms with Gasteiger partial charge in [-0.3, -0.25) is 11.3 Å². The third-order valence-corrected chi connectivity index (χ3v) is 9.94. The molecule has 0 aromatic rings. The number of hydrazine groups is 1. The van der Waals surface area contributed by atoms with E-state index in [2.05, 4.69) is 88.5 Å². The van der Waals surface area contributed by atoms with E-state index in [0.717, 1.165) is 43.8 Å². The van der Waals surface area contributed by atoms with E-state index in [1.54, 1.807) is 0 Å². The van der Waals surface area contributed by atoms with Gasteiger partial charge in [0.2, 0.25) is 0 Å². The smallest absolute Gasteiger partial charge is 0.198 e. The van der Waals surface area contributed by atoms with E-state index in [1.165, 1.54) is 29.7 Å². The van der Waals surface area contributed by atoms with Crippen LogP contribution in [0.2, 0.25) is 0 Å². The fourth-order valence-corrected chi connectivity index (χ4v) is 8.66. The molecule has 4 N–H and O–H groups in total. The van der Waals surface area contributed by atoms with Crippen molar-refractivity contribution < 1.29 is 4.74 Å². The van der Waals surface area contributed by atoms with E-state index in [1.807, 2.05) is 7.11 Å². The van der Waals surface area contributed by atoms with Crippen molar-refractivity contribution in [3.63, 3.8) is 0 Å². The SMILES string of the molecule is CCCC(C1CCC(C)(CC(C)NN)C12C1=C(C=CCC(OC)=C1)CC2C)N(C)C1=NC(C)C=C(C)N1. The predicted molar refractivity (Wildman–Crippen MR) is 155 cm³/mol. The second-order valence-electron chi connectivity index (χ2n) is 12.4. The average molecular weight is 510 g/mol. The molecular formula is C31H51N5O. The van der Waals surface area contributed by atoms with Crippen molar-refractivity contribution in [2.24, 2.45) is 33.5 Å². The van der Waals surface area contributed by atoms with E-state index >= 15 is 0 Å². The molecular weight excluding hydrogens is 458 g/mol. The van der Waals surface area contributed by atoms with Crippen molar-refractivity contribution in [2.45, 2.75) is 105 Å². The minimum atomic E-state index is 0.0335. The summed E-state index contributed by atoms with van der Waals surface area (Å²) < 4.78 is 5.89. The topological polar surface area (TPSA) is 74.9 Å². The number of nitrogens with two attached hydrogens (primary N) is 1. The molecule has 206 valence electrons. The molecule has 4 rings (SSSR count). The number of guanidine groups is 1. The van der Waals surface area contributed by atoms with Crippen molar-refractivity contribution in [2.75, 3.05) is 14.2 Å². The molecule has 1 saturated carbocycles. The Labute approximate surface area is 225 Å². The standard InChI is InChI=1S/C31H51N5O/c1-9-11-28(36(7)29-33-21(3)17-22(4)34-29)26-14-15-30(6,19-23(5)35-32)31(26)20(2)16-24-12-10-13-25(37-8)18-27(24)31/h10,12,17-18,20-21,23,26,28,35H,9,11,13-16,19,32H2,1-8H3,(H,33,34). The highest BCUT2D eigenvalue weighted by molar-refractivity contribution is 5.83. The van der Waals surface area contributed by atoms with Crippen LogP contribution >= 0.6 is 0 Å². The normalized spacial score (nSPS) is 34.8. The first-order valence-corrected chi connectivity index (χ1v) is 14.5. The number of nitrogens with one attached hydrogen (secondary N) is 2. The summed E-state index contributed by atoms with van der Waals surface area (Å²) in [6, 6.07) is 0.836. The van der Waals surface area contributed by atoms with Gasteiger partial charge >= 0.3 is 0 Å². The monoisotopic (exact) mass is 509 g/mol. The number of hydrogen-bond acceptors (Lipinski definition) is 6. The first-order valence-electron chi connectivity index (χ1n) is 14.5. The Morgan fingerprint density at radius 2 is 2.11 bits per heavy atom. The summed E-state index contributed by atoms with van der Waals surface area (Å²) in [7, 11) is 4.09. The summed E-state index contributed by atoms with van der Waals surface area (Å²) in [5, 5.41) is 3.60. The summed E-state index contributed by atoms with van der Waals surface area (Å²) in [4.78, 5) is 7.52. The lowest BCUT2D eigenvalue weighted by Crippen LogP contribution is -2.55. The summed E-state index contributed by atoms with van der Waals surface area (Å²) in [6.45, 7) is 13.9. The largest absolute Gasteiger partial charge is 0.501 e. The van der Waals surface area contributed by atoms with Crippen LogP contribution in [0, 0.1) is 22.7 Å². The van der Waals surface area contributed by atoms with E-state index in [0.29, 0.717) is 17.9 Å². The first kappa shape index (κ1) is 28.0. The van der Waals surface area contributed by atoms with Gasteiger partial charge in [0, 0.05) is 36.7 Å². The van der Waals surface area contributed by atoms with Gasteiger partial charge in [-0.25, -0.2) is 4.99 Å². The number of hydrogen-bond donors (Lipinski definition) is 3. The van der Waals surface area contributed by atoms with Crippen LogP contribution in [-0.2, 0) is 4.74 Å². The van der Waals surface area contributed by atoms with Crippen LogP contribution in [0.3, 0.4) is 0 Å². The maximum absolute atomic E-state index is 6.00. The van der Waals surface area contributed by atoms with Crippen molar-refractivity contribution in [1.29, 1.82) is 0 Å². The maximum atomic E-state index is 6.00. The number of nitrogens with zero attached hydrogens (tertiary/aromatic N) is 2. The van der Waals surface area contributed by atoms with Gasteiger partial charge in [0.1, 0.15) is 0 Å². The van der Waals surface area contributed by atoms with E-state index in [4.69, 9.17) is 15.6 Å². The molecule has 7 unspecified atom stereocenters. The number of allylic oxidation sites excluding steroid dienone is 6. The van der Waals surface area contributed by atoms with E-state index in [9.17, 15) is 0 Å². The number of aliphatic imine (C=N–C) groups is 1. The minimum absolute atomic E-state index is 0.0335. The van der Waals surface area contributed by atoms with Gasteiger partial charge in [-0.2, -0.15) is 0 Å². The van der Waals surface area contributed by atoms with Gasteiger partial charge in [0.05, 0.1) is 18.9 Å². The van der Waals surface area contributed by atoms with Crippen molar-refractivity contribution in [3.8, 4) is 0 Å². The summed E-state index contributed by atoms with van der Waals surface area (Å²) in [5.41, 5.74) is 7.45. The number of ether oxygens (including phenoxy) is 1. The van der Waals surface area contributed by atoms with Gasteiger partial charge < -0.3 is 15.0 Å². The van der Waals surface area contributed by atoms with Crippen LogP contribution in [0.15, 0.2) is 51.9 Å². The Morgan fingerprint density at radius 3 is 2.76 bits per heavy atom. The second-order valence-corrected chi connectivity index (χ2v) is 12.4. The maximum Gasteiger partial charge on any atom is 0.198 e. The molecule has 1 fully saturated rings. The molecule has 0 saturated heterocycles. The molecule has 4 aliphatic rings. The average Bonchev–Trinajstić information content (AvgIpc) is 3.20. The Balaban J connectivity index is 1.87. The van der Waals surface area contributed by atoms with E-state index in [-0.39, 0.29) is 22.9 Å². The molecule has 6 heteroatoms. The molecule has 1 spiro atoms. The second kappa shape index (κ2) is 11.0. The molecule has 6 nitrogen and oxygen atoms in total.